The third-order valence-electron chi connectivity index (χ3n) is 4.02. The van der Waals surface area contributed by atoms with Crippen molar-refractivity contribution >= 4 is 0 Å². The first-order valence-electron chi connectivity index (χ1n) is 7.01. The topological polar surface area (TPSA) is 38.5 Å². The van der Waals surface area contributed by atoms with Crippen LogP contribution in [-0.4, -0.2) is 30.6 Å². The Hall–Kier alpha value is -1.06. The highest BCUT2D eigenvalue weighted by molar-refractivity contribution is 5.37. The molecule has 0 aliphatic carbocycles. The zero-order valence-electron chi connectivity index (χ0n) is 13.1. The lowest BCUT2D eigenvalue weighted by Gasteiger charge is -2.41. The van der Waals surface area contributed by atoms with Crippen molar-refractivity contribution in [2.75, 3.05) is 14.1 Å². The van der Waals surface area contributed by atoms with Gasteiger partial charge in [-0.25, -0.2) is 0 Å². The van der Waals surface area contributed by atoms with Gasteiger partial charge in [-0.1, -0.05) is 25.1 Å². The number of likely N-dealkylation sites (N-methyl/N-ethyl adjacent to an activating group) is 1. The third kappa shape index (κ3) is 3.48. The summed E-state index contributed by atoms with van der Waals surface area (Å²) in [5.41, 5.74) is 7.53. The Bertz CT molecular complexity index is 403. The second-order valence-corrected chi connectivity index (χ2v) is 5.79. The summed E-state index contributed by atoms with van der Waals surface area (Å²) in [6, 6.07) is 8.00. The van der Waals surface area contributed by atoms with E-state index in [-0.39, 0.29) is 17.7 Å². The molecule has 2 unspecified atom stereocenters. The summed E-state index contributed by atoms with van der Waals surface area (Å²) in [5, 5.41) is 0. The Kier molecular flexibility index (Phi) is 5.39. The van der Waals surface area contributed by atoms with Crippen LogP contribution in [0.3, 0.4) is 0 Å². The maximum absolute atomic E-state index is 6.54. The molecule has 3 nitrogen and oxygen atoms in total. The van der Waals surface area contributed by atoms with Gasteiger partial charge in [-0.15, -0.1) is 0 Å². The van der Waals surface area contributed by atoms with Crippen LogP contribution in [0.1, 0.15) is 45.7 Å². The predicted molar refractivity (Wildman–Crippen MR) is 81.5 cm³/mol. The van der Waals surface area contributed by atoms with E-state index in [0.717, 1.165) is 17.7 Å². The molecule has 0 saturated heterocycles. The van der Waals surface area contributed by atoms with Crippen molar-refractivity contribution in [2.24, 2.45) is 5.73 Å². The number of benzene rings is 1. The lowest BCUT2D eigenvalue weighted by atomic mass is 9.84. The largest absolute Gasteiger partial charge is 0.491 e. The van der Waals surface area contributed by atoms with Crippen molar-refractivity contribution in [2.45, 2.75) is 51.8 Å². The fraction of sp³-hybridized carbons (Fsp3) is 0.625. The Morgan fingerprint density at radius 3 is 2.32 bits per heavy atom. The van der Waals surface area contributed by atoms with Crippen molar-refractivity contribution in [3.8, 4) is 5.75 Å². The summed E-state index contributed by atoms with van der Waals surface area (Å²) < 4.78 is 5.89. The average molecular weight is 264 g/mol. The molecule has 0 aromatic heterocycles. The zero-order valence-corrected chi connectivity index (χ0v) is 13.1. The summed E-state index contributed by atoms with van der Waals surface area (Å²) in [7, 11) is 4.16. The number of nitrogens with two attached hydrogens (primary N) is 1. The lowest BCUT2D eigenvalue weighted by molar-refractivity contribution is 0.128. The Balaban J connectivity index is 3.14. The number of nitrogens with zero attached hydrogens (tertiary/aromatic N) is 1. The van der Waals surface area contributed by atoms with Crippen molar-refractivity contribution in [1.29, 1.82) is 0 Å². The fourth-order valence-corrected chi connectivity index (χ4v) is 2.25. The maximum Gasteiger partial charge on any atom is 0.124 e. The van der Waals surface area contributed by atoms with Gasteiger partial charge < -0.3 is 15.4 Å². The molecule has 1 aromatic carbocycles. The molecule has 0 aliphatic heterocycles. The number of ether oxygens (including phenoxy) is 1. The molecule has 1 aromatic rings. The van der Waals surface area contributed by atoms with E-state index in [1.165, 1.54) is 0 Å². The second-order valence-electron chi connectivity index (χ2n) is 5.79. The first kappa shape index (κ1) is 16.0. The molecule has 19 heavy (non-hydrogen) atoms. The molecule has 0 aliphatic rings. The van der Waals surface area contributed by atoms with Crippen molar-refractivity contribution in [3.63, 3.8) is 0 Å². The molecule has 2 N–H and O–H groups in total. The molecule has 0 saturated carbocycles. The van der Waals surface area contributed by atoms with Crippen LogP contribution in [-0.2, 0) is 0 Å². The summed E-state index contributed by atoms with van der Waals surface area (Å²) >= 11 is 0. The minimum atomic E-state index is -0.0869. The van der Waals surface area contributed by atoms with E-state index in [1.54, 1.807) is 0 Å². The third-order valence-corrected chi connectivity index (χ3v) is 4.02. The van der Waals surface area contributed by atoms with E-state index < -0.39 is 0 Å². The van der Waals surface area contributed by atoms with Gasteiger partial charge in [-0.05, 0) is 47.4 Å². The average Bonchev–Trinajstić information content (AvgIpc) is 2.36. The number of para-hydroxylation sites is 1. The Morgan fingerprint density at radius 2 is 1.84 bits per heavy atom. The highest BCUT2D eigenvalue weighted by atomic mass is 16.5. The van der Waals surface area contributed by atoms with Crippen LogP contribution in [0.25, 0.3) is 0 Å². The van der Waals surface area contributed by atoms with Gasteiger partial charge in [0.05, 0.1) is 12.1 Å². The minimum Gasteiger partial charge on any atom is -0.491 e. The quantitative estimate of drug-likeness (QED) is 0.857. The number of rotatable bonds is 6. The van der Waals surface area contributed by atoms with Crippen LogP contribution in [0.15, 0.2) is 24.3 Å². The molecule has 0 bridgehead atoms. The predicted octanol–water partition coefficient (Wildman–Crippen LogP) is 3.20. The van der Waals surface area contributed by atoms with Crippen LogP contribution in [0.2, 0.25) is 0 Å². The molecular formula is C16H28N2O. The van der Waals surface area contributed by atoms with E-state index in [1.807, 2.05) is 32.0 Å². The van der Waals surface area contributed by atoms with Crippen molar-refractivity contribution in [1.82, 2.24) is 4.90 Å². The molecule has 0 heterocycles. The van der Waals surface area contributed by atoms with Crippen LogP contribution in [0.5, 0.6) is 5.75 Å². The summed E-state index contributed by atoms with van der Waals surface area (Å²) in [6.07, 6.45) is 1.14. The summed E-state index contributed by atoms with van der Waals surface area (Å²) in [5.74, 6) is 0.895. The molecular weight excluding hydrogens is 236 g/mol. The van der Waals surface area contributed by atoms with Gasteiger partial charge in [0.2, 0.25) is 0 Å². The molecule has 0 fully saturated rings. The molecule has 0 radical (unpaired) electrons. The zero-order chi connectivity index (χ0) is 14.6. The van der Waals surface area contributed by atoms with E-state index in [0.29, 0.717) is 0 Å². The molecule has 0 amide bonds. The summed E-state index contributed by atoms with van der Waals surface area (Å²) in [4.78, 5) is 2.20. The molecule has 1 rings (SSSR count). The Morgan fingerprint density at radius 1 is 1.26 bits per heavy atom. The standard InChI is InChI=1S/C16H28N2O/c1-7-16(4,18(5)6)15(17)13-10-8-9-11-14(13)19-12(2)3/h8-12,15H,7,17H2,1-6H3. The fourth-order valence-electron chi connectivity index (χ4n) is 2.25. The lowest BCUT2D eigenvalue weighted by Crippen LogP contribution is -2.49. The SMILES string of the molecule is CCC(C)(C(N)c1ccccc1OC(C)C)N(C)C. The van der Waals surface area contributed by atoms with Gasteiger partial charge in [-0.2, -0.15) is 0 Å². The van der Waals surface area contributed by atoms with Gasteiger partial charge in [0.1, 0.15) is 5.75 Å². The van der Waals surface area contributed by atoms with Gasteiger partial charge in [0.25, 0.3) is 0 Å². The number of hydrogen-bond acceptors (Lipinski definition) is 3. The van der Waals surface area contributed by atoms with Gasteiger partial charge in [0, 0.05) is 11.1 Å². The van der Waals surface area contributed by atoms with Crippen LogP contribution >= 0.6 is 0 Å². The molecule has 108 valence electrons. The van der Waals surface area contributed by atoms with E-state index in [4.69, 9.17) is 10.5 Å². The minimum absolute atomic E-state index is 0.0811. The van der Waals surface area contributed by atoms with E-state index in [9.17, 15) is 0 Å². The van der Waals surface area contributed by atoms with Crippen LogP contribution < -0.4 is 10.5 Å². The number of hydrogen-bond donors (Lipinski definition) is 1. The highest BCUT2D eigenvalue weighted by Crippen LogP contribution is 2.35. The molecule has 0 spiro atoms. The Labute approximate surface area is 117 Å². The second kappa shape index (κ2) is 6.40. The van der Waals surface area contributed by atoms with Crippen LogP contribution in [0, 0.1) is 0 Å². The first-order chi connectivity index (χ1) is 8.82. The normalized spacial score (nSPS) is 16.5. The maximum atomic E-state index is 6.54. The smallest absolute Gasteiger partial charge is 0.124 e. The molecule has 2 atom stereocenters. The highest BCUT2D eigenvalue weighted by Gasteiger charge is 2.34. The monoisotopic (exact) mass is 264 g/mol. The van der Waals surface area contributed by atoms with Gasteiger partial charge in [0.15, 0.2) is 0 Å². The van der Waals surface area contributed by atoms with Gasteiger partial charge >= 0.3 is 0 Å². The van der Waals surface area contributed by atoms with Gasteiger partial charge in [-0.3, -0.25) is 0 Å². The van der Waals surface area contributed by atoms with E-state index in [2.05, 4.69) is 38.9 Å². The van der Waals surface area contributed by atoms with E-state index >= 15 is 0 Å². The van der Waals surface area contributed by atoms with Crippen molar-refractivity contribution in [3.05, 3.63) is 29.8 Å². The van der Waals surface area contributed by atoms with Crippen LogP contribution in [0.4, 0.5) is 0 Å². The first-order valence-corrected chi connectivity index (χ1v) is 7.01. The molecule has 3 heteroatoms. The summed E-state index contributed by atoms with van der Waals surface area (Å²) in [6.45, 7) is 8.44. The van der Waals surface area contributed by atoms with Crippen molar-refractivity contribution < 1.29 is 4.74 Å².